The maximum absolute atomic E-state index is 13.0. The maximum Gasteiger partial charge on any atom is 0.306 e. The average molecular weight is 1290 g/mol. The van der Waals surface area contributed by atoms with Gasteiger partial charge in [0, 0.05) is 12.8 Å². The smallest absolute Gasteiger partial charge is 0.306 e. The summed E-state index contributed by atoms with van der Waals surface area (Å²) in [5, 5.41) is 11.8. The molecule has 0 radical (unpaired) electrons. The summed E-state index contributed by atoms with van der Waals surface area (Å²) in [6, 6.07) is 0. The number of nitrogens with zero attached hydrogens (tertiary/aromatic N) is 1. The van der Waals surface area contributed by atoms with Gasteiger partial charge in [0.05, 0.1) is 40.3 Å². The highest BCUT2D eigenvalue weighted by atomic mass is 16.7. The van der Waals surface area contributed by atoms with E-state index < -0.39 is 24.3 Å². The molecule has 0 saturated heterocycles. The molecule has 0 saturated carbocycles. The van der Waals surface area contributed by atoms with Crippen LogP contribution in [0.15, 0.2) is 109 Å². The quantitative estimate of drug-likeness (QED) is 0.0195. The van der Waals surface area contributed by atoms with E-state index in [9.17, 15) is 19.5 Å². The number of rotatable bonds is 71. The lowest BCUT2D eigenvalue weighted by Gasteiger charge is -2.26. The summed E-state index contributed by atoms with van der Waals surface area (Å²) >= 11 is 0. The molecule has 0 fully saturated rings. The number of allylic oxidation sites excluding steroid dienone is 18. The lowest BCUT2D eigenvalue weighted by atomic mass is 10.0. The van der Waals surface area contributed by atoms with Crippen LogP contribution in [0.2, 0.25) is 0 Å². The Hall–Kier alpha value is -4.05. The molecule has 0 aliphatic carbocycles. The number of likely N-dealkylation sites (N-methyl/N-ethyl adjacent to an activating group) is 1. The third-order valence-corrected chi connectivity index (χ3v) is 16.8. The molecule has 0 amide bonds. The summed E-state index contributed by atoms with van der Waals surface area (Å²) in [6.45, 7) is 4.66. The number of unbranched alkanes of at least 4 members (excludes halogenated alkanes) is 38. The van der Waals surface area contributed by atoms with Crippen LogP contribution in [0.1, 0.15) is 341 Å². The molecule has 0 aromatic heterocycles. The first-order chi connectivity index (χ1) is 45.1. The number of hydrogen-bond acceptors (Lipinski definition) is 8. The number of hydrogen-bond donors (Lipinski definition) is 0. The van der Waals surface area contributed by atoms with Crippen LogP contribution in [0.3, 0.4) is 0 Å². The minimum absolute atomic E-state index is 0.142. The summed E-state index contributed by atoms with van der Waals surface area (Å²) in [4.78, 5) is 37.6. The van der Waals surface area contributed by atoms with Crippen LogP contribution in [-0.2, 0) is 33.3 Å². The summed E-state index contributed by atoms with van der Waals surface area (Å²) in [6.07, 6.45) is 99.1. The van der Waals surface area contributed by atoms with Crippen LogP contribution in [0.25, 0.3) is 0 Å². The maximum atomic E-state index is 13.0. The Labute approximate surface area is 568 Å². The molecule has 0 heterocycles. The van der Waals surface area contributed by atoms with Gasteiger partial charge in [-0.1, -0.05) is 354 Å². The fourth-order valence-corrected chi connectivity index (χ4v) is 10.9. The van der Waals surface area contributed by atoms with Crippen molar-refractivity contribution in [1.82, 2.24) is 0 Å². The number of ether oxygens (including phenoxy) is 4. The Morgan fingerprint density at radius 3 is 0.924 bits per heavy atom. The van der Waals surface area contributed by atoms with Crippen molar-refractivity contribution in [2.45, 2.75) is 354 Å². The van der Waals surface area contributed by atoms with Gasteiger partial charge < -0.3 is 33.3 Å². The first-order valence-electron chi connectivity index (χ1n) is 38.5. The van der Waals surface area contributed by atoms with Crippen LogP contribution in [0, 0.1) is 0 Å². The molecule has 0 aliphatic heterocycles. The molecule has 0 bridgehead atoms. The van der Waals surface area contributed by atoms with E-state index in [1.54, 1.807) is 0 Å². The molecule has 0 aliphatic rings. The summed E-state index contributed by atoms with van der Waals surface area (Å²) in [7, 11) is 5.93. The van der Waals surface area contributed by atoms with Gasteiger partial charge in [0.2, 0.25) is 0 Å². The standard InChI is InChI=1S/C83H145NO8/c1-6-8-10-12-14-16-18-20-22-24-26-28-30-32-34-36-38-40-41-42-44-46-48-50-52-54-56-58-60-62-64-66-68-70-72-74-81(86)92-79(78-91-83(82(87)88)89-76-75-84(3,4)5)77-90-80(85)73-71-69-67-65-63-61-59-57-55-53-51-49-47-45-43-39-37-35-33-31-29-27-25-23-21-19-17-15-13-11-9-7-2/h8,10,14,16,20,22,26,28,32,34,38,40,42,44,48,50,54,56,79,83H,6-7,9,11-13,15,17-19,21,23-25,27,29-31,33,35-37,39,41,43,45-47,49,51-53,55,57-78H2,1-5H3/b10-8-,16-14-,22-20-,28-26-,34-32-,40-38-,44-42-,50-48-,56-54-. The van der Waals surface area contributed by atoms with Crippen LogP contribution in [-0.4, -0.2) is 82.3 Å². The van der Waals surface area contributed by atoms with Crippen LogP contribution >= 0.6 is 0 Å². The predicted molar refractivity (Wildman–Crippen MR) is 394 cm³/mol. The Morgan fingerprint density at radius 2 is 0.620 bits per heavy atom. The van der Waals surface area contributed by atoms with Crippen molar-refractivity contribution >= 4 is 17.9 Å². The highest BCUT2D eigenvalue weighted by Crippen LogP contribution is 2.19. The number of esters is 2. The molecule has 9 heteroatoms. The van der Waals surface area contributed by atoms with Gasteiger partial charge in [-0.25, -0.2) is 0 Å². The molecule has 92 heavy (non-hydrogen) atoms. The summed E-state index contributed by atoms with van der Waals surface area (Å²) in [5.41, 5.74) is 0. The van der Waals surface area contributed by atoms with Gasteiger partial charge >= 0.3 is 11.9 Å². The zero-order chi connectivity index (χ0) is 66.8. The Balaban J connectivity index is 4.11. The third-order valence-electron chi connectivity index (χ3n) is 16.8. The van der Waals surface area contributed by atoms with E-state index in [-0.39, 0.29) is 38.6 Å². The molecule has 2 atom stereocenters. The largest absolute Gasteiger partial charge is 0.545 e. The van der Waals surface area contributed by atoms with Gasteiger partial charge in [-0.05, 0) is 83.5 Å². The molecular weight excluding hydrogens is 1140 g/mol. The second-order valence-electron chi connectivity index (χ2n) is 26.9. The number of carbonyl (C=O) groups excluding carboxylic acids is 3. The Morgan fingerprint density at radius 1 is 0.337 bits per heavy atom. The van der Waals surface area contributed by atoms with Crippen molar-refractivity contribution in [3.8, 4) is 0 Å². The third kappa shape index (κ3) is 73.4. The zero-order valence-corrected chi connectivity index (χ0v) is 60.7. The summed E-state index contributed by atoms with van der Waals surface area (Å²) < 4.78 is 22.8. The van der Waals surface area contributed by atoms with Crippen LogP contribution < -0.4 is 5.11 Å². The van der Waals surface area contributed by atoms with Gasteiger partial charge in [-0.3, -0.25) is 9.59 Å². The molecule has 0 N–H and O–H groups in total. The first-order valence-corrected chi connectivity index (χ1v) is 38.5. The number of carboxylic acid groups (broad SMARTS) is 1. The average Bonchev–Trinajstić information content (AvgIpc) is 3.70. The van der Waals surface area contributed by atoms with Crippen molar-refractivity contribution in [3.05, 3.63) is 109 Å². The Bertz CT molecular complexity index is 1880. The number of quaternary nitrogens is 1. The minimum Gasteiger partial charge on any atom is -0.545 e. The highest BCUT2D eigenvalue weighted by Gasteiger charge is 2.22. The molecular formula is C83H145NO8. The van der Waals surface area contributed by atoms with Gasteiger partial charge in [0.15, 0.2) is 12.4 Å². The number of aliphatic carboxylic acids is 1. The summed E-state index contributed by atoms with van der Waals surface area (Å²) in [5.74, 6) is -2.29. The predicted octanol–water partition coefficient (Wildman–Crippen LogP) is 23.2. The van der Waals surface area contributed by atoms with Gasteiger partial charge in [0.25, 0.3) is 0 Å². The highest BCUT2D eigenvalue weighted by molar-refractivity contribution is 5.70. The number of carbonyl (C=O) groups is 3. The van der Waals surface area contributed by atoms with E-state index in [0.717, 1.165) is 103 Å². The molecule has 0 rings (SSSR count). The molecule has 2 unspecified atom stereocenters. The van der Waals surface area contributed by atoms with E-state index in [1.807, 2.05) is 21.1 Å². The van der Waals surface area contributed by atoms with Crippen molar-refractivity contribution in [3.63, 3.8) is 0 Å². The van der Waals surface area contributed by atoms with Crippen LogP contribution in [0.4, 0.5) is 0 Å². The fourth-order valence-electron chi connectivity index (χ4n) is 10.9. The lowest BCUT2D eigenvalue weighted by Crippen LogP contribution is -2.44. The number of carboxylic acids is 1. The lowest BCUT2D eigenvalue weighted by molar-refractivity contribution is -0.870. The molecule has 0 aromatic carbocycles. The topological polar surface area (TPSA) is 111 Å². The molecule has 0 spiro atoms. The van der Waals surface area contributed by atoms with Crippen molar-refractivity contribution in [2.24, 2.45) is 0 Å². The van der Waals surface area contributed by atoms with E-state index in [2.05, 4.69) is 123 Å². The van der Waals surface area contributed by atoms with Gasteiger partial charge in [0.1, 0.15) is 13.2 Å². The van der Waals surface area contributed by atoms with E-state index in [4.69, 9.17) is 18.9 Å². The molecule has 0 aromatic rings. The van der Waals surface area contributed by atoms with Gasteiger partial charge in [-0.2, -0.15) is 0 Å². The van der Waals surface area contributed by atoms with E-state index in [0.29, 0.717) is 17.4 Å². The SMILES string of the molecule is CC/C=C\C/C=C\C/C=C\C/C=C\C/C=C\C/C=C\C/C=C\C/C=C\C/C=C\CCCCCCCCCC(=O)OC(COC(=O)CCCCCCCCCCCCCCCCCCCCCCCCCCCCCCCCCC)COC(OCC[N+](C)(C)C)C(=O)[O-]. The second-order valence-corrected chi connectivity index (χ2v) is 26.9. The zero-order valence-electron chi connectivity index (χ0n) is 60.7. The normalized spacial score (nSPS) is 13.3. The first kappa shape index (κ1) is 88.0. The van der Waals surface area contributed by atoms with Crippen molar-refractivity contribution in [1.29, 1.82) is 0 Å². The molecule has 530 valence electrons. The van der Waals surface area contributed by atoms with Crippen molar-refractivity contribution < 1.29 is 42.9 Å². The van der Waals surface area contributed by atoms with Gasteiger partial charge in [-0.15, -0.1) is 0 Å². The molecule has 9 nitrogen and oxygen atoms in total. The monoisotopic (exact) mass is 1280 g/mol. The fraction of sp³-hybridized carbons (Fsp3) is 0.747. The Kier molecular flexibility index (Phi) is 69.6. The van der Waals surface area contributed by atoms with Crippen molar-refractivity contribution in [2.75, 3.05) is 47.5 Å². The van der Waals surface area contributed by atoms with E-state index >= 15 is 0 Å². The van der Waals surface area contributed by atoms with E-state index in [1.165, 1.54) is 205 Å². The van der Waals surface area contributed by atoms with Crippen LogP contribution in [0.5, 0.6) is 0 Å². The minimum atomic E-state index is -1.63. The second kappa shape index (κ2) is 72.8.